The van der Waals surface area contributed by atoms with Crippen LogP contribution in [0.2, 0.25) is 0 Å². The van der Waals surface area contributed by atoms with Gasteiger partial charge in [0.05, 0.1) is 16.7 Å². The summed E-state index contributed by atoms with van der Waals surface area (Å²) in [6.07, 6.45) is 9.33. The molecule has 0 aliphatic carbocycles. The van der Waals surface area contributed by atoms with E-state index in [9.17, 15) is 31.2 Å². The molecule has 9 rings (SSSR count). The van der Waals surface area contributed by atoms with Crippen LogP contribution in [0.5, 0.6) is 5.75 Å². The van der Waals surface area contributed by atoms with Crippen LogP contribution in [0.15, 0.2) is 128 Å². The van der Waals surface area contributed by atoms with Crippen LogP contribution in [0, 0.1) is 0 Å². The largest absolute Gasteiger partial charge is 0.534 e. The molecule has 75 heavy (non-hydrogen) atoms. The summed E-state index contributed by atoms with van der Waals surface area (Å²) >= 11 is 0. The third-order valence-corrected chi connectivity index (χ3v) is 12.9. The fourth-order valence-corrected chi connectivity index (χ4v) is 8.12. The van der Waals surface area contributed by atoms with Crippen LogP contribution in [-0.4, -0.2) is 112 Å². The molecule has 0 N–H and O–H groups in total. The fraction of sp³-hybridized carbons (Fsp3) is 0.382. The number of ether oxygens (including phenoxy) is 2. The van der Waals surface area contributed by atoms with Gasteiger partial charge in [-0.15, -0.1) is 0 Å². The van der Waals surface area contributed by atoms with E-state index in [4.69, 9.17) is 18.8 Å². The molecule has 0 unspecified atom stereocenters. The fourth-order valence-electron chi connectivity index (χ4n) is 7.67. The van der Waals surface area contributed by atoms with Gasteiger partial charge in [0.2, 0.25) is 0 Å². The van der Waals surface area contributed by atoms with Gasteiger partial charge in [-0.1, -0.05) is 87.7 Å². The molecule has 3 aliphatic rings. The van der Waals surface area contributed by atoms with Crippen LogP contribution >= 0.6 is 0 Å². The van der Waals surface area contributed by atoms with Crippen LogP contribution in [0.4, 0.5) is 22.8 Å². The molecule has 15 nitrogen and oxygen atoms in total. The number of rotatable bonds is 6. The predicted octanol–water partition coefficient (Wildman–Crippen LogP) is 12.5. The van der Waals surface area contributed by atoms with E-state index in [-0.39, 0.29) is 50.9 Å². The minimum absolute atomic E-state index is 0. The molecule has 400 valence electrons. The summed E-state index contributed by atoms with van der Waals surface area (Å²) < 4.78 is 87.7. The molecular weight excluding hydrogens is 989 g/mol. The van der Waals surface area contributed by atoms with E-state index < -0.39 is 32.6 Å². The van der Waals surface area contributed by atoms with Crippen LogP contribution in [0.1, 0.15) is 89.7 Å². The lowest BCUT2D eigenvalue weighted by atomic mass is 9.79. The Balaban J connectivity index is 0.000000208. The average Bonchev–Trinajstić information content (AvgIpc) is 4.07. The van der Waals surface area contributed by atoms with Crippen molar-refractivity contribution in [2.24, 2.45) is 0 Å². The Hall–Kier alpha value is -6.90. The zero-order valence-corrected chi connectivity index (χ0v) is 43.2. The molecule has 0 spiro atoms. The van der Waals surface area contributed by atoms with Crippen molar-refractivity contribution >= 4 is 56.8 Å². The maximum Gasteiger partial charge on any atom is 0.534 e. The first-order valence-corrected chi connectivity index (χ1v) is 24.8. The van der Waals surface area contributed by atoms with Gasteiger partial charge in [0.15, 0.2) is 5.75 Å². The normalized spacial score (nSPS) is 16.0. The molecule has 5 heterocycles. The summed E-state index contributed by atoms with van der Waals surface area (Å²) in [4.78, 5) is 44.2. The summed E-state index contributed by atoms with van der Waals surface area (Å²) in [5.41, 5.74) is 0.109. The topological polar surface area (TPSA) is 172 Å². The molecule has 6 aromatic rings. The number of halogens is 3. The van der Waals surface area contributed by atoms with Crippen molar-refractivity contribution in [2.45, 2.75) is 112 Å². The molecule has 1 fully saturated rings. The highest BCUT2D eigenvalue weighted by Crippen LogP contribution is 2.40. The van der Waals surface area contributed by atoms with Gasteiger partial charge < -0.3 is 32.8 Å². The highest BCUT2D eigenvalue weighted by Gasteiger charge is 2.53. The summed E-state index contributed by atoms with van der Waals surface area (Å²) in [6.45, 7) is 21.4. The number of carbonyl (C=O) groups excluding carboxylic acids is 2. The molecule has 20 heteroatoms. The van der Waals surface area contributed by atoms with E-state index in [1.807, 2.05) is 99.7 Å². The summed E-state index contributed by atoms with van der Waals surface area (Å²) in [7, 11) is -6.19. The molecule has 0 atom stereocenters. The number of amides is 2. The standard InChI is InChI=1S/C23H23N3O2.C15H26BNO4.C15H9F3N2O3S.2CH4/c1-23(2,3)28-22(27)26-10-9-17(14-26)20-12-18(16-7-5-4-6-8-16)11-19-13-24-15-25-21(19)20;1-13(2,3)19-12(18)17-9-8-11(10-17)16-20-14(4,5)15(6,7)21-16;16-15(17,18)24(21,22)23-13-7-11(10-4-2-1-3-5-10)6-12-8-19-9-20-14(12)13;;/h4-9,11-13,15H,10,14H2,1-3H3;8H,9-10H2,1-7H3;1-9H;2*1H4. The van der Waals surface area contributed by atoms with Crippen molar-refractivity contribution in [2.75, 3.05) is 26.2 Å². The second kappa shape index (κ2) is 22.9. The second-order valence-electron chi connectivity index (χ2n) is 20.5. The lowest BCUT2D eigenvalue weighted by Gasteiger charge is -2.32. The number of alkyl halides is 3. The van der Waals surface area contributed by atoms with Gasteiger partial charge in [0.25, 0.3) is 0 Å². The zero-order chi connectivity index (χ0) is 53.1. The zero-order valence-electron chi connectivity index (χ0n) is 42.4. The van der Waals surface area contributed by atoms with Crippen molar-refractivity contribution < 1.29 is 54.1 Å². The van der Waals surface area contributed by atoms with Gasteiger partial charge >= 0.3 is 34.9 Å². The van der Waals surface area contributed by atoms with Gasteiger partial charge in [-0.25, -0.2) is 29.5 Å². The van der Waals surface area contributed by atoms with Crippen LogP contribution in [-0.2, 0) is 28.9 Å². The van der Waals surface area contributed by atoms with Crippen molar-refractivity contribution in [1.29, 1.82) is 0 Å². The molecule has 4 aromatic carbocycles. The molecule has 0 saturated carbocycles. The maximum atomic E-state index is 12.6. The third-order valence-electron chi connectivity index (χ3n) is 11.9. The minimum Gasteiger partial charge on any atom is -0.444 e. The van der Waals surface area contributed by atoms with Gasteiger partial charge in [-0.05, 0) is 127 Å². The lowest BCUT2D eigenvalue weighted by Crippen LogP contribution is -2.41. The molecular formula is C55H66BF3N6O9S. The highest BCUT2D eigenvalue weighted by molar-refractivity contribution is 7.88. The Labute approximate surface area is 438 Å². The quantitative estimate of drug-likeness (QED) is 0.0877. The Kier molecular flexibility index (Phi) is 18.0. The van der Waals surface area contributed by atoms with E-state index in [1.165, 1.54) is 12.3 Å². The Bertz CT molecular complexity index is 3150. The molecule has 1 saturated heterocycles. The number of hydrogen-bond donors (Lipinski definition) is 0. The first kappa shape index (κ1) is 59.0. The Morgan fingerprint density at radius 1 is 0.640 bits per heavy atom. The molecule has 0 radical (unpaired) electrons. The van der Waals surface area contributed by atoms with E-state index in [2.05, 4.69) is 54.5 Å². The number of fused-ring (bicyclic) bond motifs is 2. The Morgan fingerprint density at radius 3 is 1.59 bits per heavy atom. The van der Waals surface area contributed by atoms with Gasteiger partial charge in [0, 0.05) is 54.9 Å². The van der Waals surface area contributed by atoms with Gasteiger partial charge in [0.1, 0.15) is 29.4 Å². The van der Waals surface area contributed by atoms with E-state index >= 15 is 0 Å². The first-order valence-electron chi connectivity index (χ1n) is 23.4. The summed E-state index contributed by atoms with van der Waals surface area (Å²) in [6, 6.07) is 26.1. The van der Waals surface area contributed by atoms with Crippen molar-refractivity contribution in [3.05, 3.63) is 133 Å². The van der Waals surface area contributed by atoms with Crippen molar-refractivity contribution in [3.63, 3.8) is 0 Å². The van der Waals surface area contributed by atoms with Gasteiger partial charge in [-0.2, -0.15) is 21.6 Å². The number of hydrogen-bond acceptors (Lipinski definition) is 13. The van der Waals surface area contributed by atoms with Crippen LogP contribution in [0.3, 0.4) is 0 Å². The highest BCUT2D eigenvalue weighted by atomic mass is 32.2. The van der Waals surface area contributed by atoms with Crippen LogP contribution < -0.4 is 4.18 Å². The second-order valence-corrected chi connectivity index (χ2v) is 22.0. The van der Waals surface area contributed by atoms with Crippen molar-refractivity contribution in [1.82, 2.24) is 29.7 Å². The SMILES string of the molecule is C.C.CC(C)(C)OC(=O)N1CC=C(B2OC(C)(C)C(C)(C)O2)C1.CC(C)(C)OC(=O)N1CC=C(c2cc(-c3ccccc3)cc3cncnc23)C1.O=S(=O)(Oc1cc(-c2ccccc2)cc2cncnc12)C(F)(F)F. The smallest absolute Gasteiger partial charge is 0.444 e. The predicted molar refractivity (Wildman–Crippen MR) is 287 cm³/mol. The van der Waals surface area contributed by atoms with E-state index in [1.54, 1.807) is 52.5 Å². The molecule has 0 bridgehead atoms. The number of carbonyl (C=O) groups is 2. The third kappa shape index (κ3) is 14.5. The number of benzene rings is 4. The molecule has 2 aromatic heterocycles. The number of nitrogens with zero attached hydrogens (tertiary/aromatic N) is 6. The molecule has 3 aliphatic heterocycles. The van der Waals surface area contributed by atoms with Crippen LogP contribution in [0.25, 0.3) is 49.6 Å². The van der Waals surface area contributed by atoms with Crippen molar-refractivity contribution in [3.8, 4) is 28.0 Å². The average molecular weight is 1060 g/mol. The Morgan fingerprint density at radius 2 is 1.09 bits per heavy atom. The lowest BCUT2D eigenvalue weighted by molar-refractivity contribution is -0.0499. The first-order chi connectivity index (χ1) is 34.1. The monoisotopic (exact) mass is 1050 g/mol. The van der Waals surface area contributed by atoms with E-state index in [0.29, 0.717) is 42.7 Å². The number of aromatic nitrogens is 4. The van der Waals surface area contributed by atoms with Gasteiger partial charge in [-0.3, -0.25) is 0 Å². The summed E-state index contributed by atoms with van der Waals surface area (Å²) in [5.74, 6) is -0.508. The summed E-state index contributed by atoms with van der Waals surface area (Å²) in [5, 5.41) is 1.33. The van der Waals surface area contributed by atoms with E-state index in [0.717, 1.165) is 45.0 Å². The molecule has 2 amide bonds. The minimum atomic E-state index is -5.80. The maximum absolute atomic E-state index is 12.6.